The van der Waals surface area contributed by atoms with Crippen LogP contribution in [0.2, 0.25) is 0 Å². The van der Waals surface area contributed by atoms with E-state index in [9.17, 15) is 0 Å². The van der Waals surface area contributed by atoms with Gasteiger partial charge < -0.3 is 5.32 Å². The van der Waals surface area contributed by atoms with E-state index >= 15 is 0 Å². The van der Waals surface area contributed by atoms with E-state index in [1.165, 1.54) is 31.5 Å². The topological polar surface area (TPSA) is 15.3 Å². The Bertz CT molecular complexity index is 329. The van der Waals surface area contributed by atoms with Gasteiger partial charge in [0, 0.05) is 12.6 Å². The normalized spacial score (nSPS) is 21.6. The quantitative estimate of drug-likeness (QED) is 0.883. The SMILES string of the molecule is CCC(c1ccccc1)N1CCC(CNC)C1.Cl. The predicted octanol–water partition coefficient (Wildman–Crippen LogP) is 3.10. The lowest BCUT2D eigenvalue weighted by Crippen LogP contribution is -2.28. The molecule has 1 aromatic rings. The van der Waals surface area contributed by atoms with Crippen LogP contribution in [-0.2, 0) is 0 Å². The highest BCUT2D eigenvalue weighted by Crippen LogP contribution is 2.29. The molecule has 1 saturated heterocycles. The van der Waals surface area contributed by atoms with Crippen LogP contribution in [0.25, 0.3) is 0 Å². The molecule has 18 heavy (non-hydrogen) atoms. The molecule has 0 aromatic heterocycles. The molecule has 1 fully saturated rings. The molecule has 0 saturated carbocycles. The van der Waals surface area contributed by atoms with E-state index in [0.717, 1.165) is 12.5 Å². The Balaban J connectivity index is 0.00000162. The van der Waals surface area contributed by atoms with Crippen LogP contribution in [0.4, 0.5) is 0 Å². The van der Waals surface area contributed by atoms with Gasteiger partial charge in [0.05, 0.1) is 0 Å². The van der Waals surface area contributed by atoms with Crippen molar-refractivity contribution in [1.82, 2.24) is 10.2 Å². The molecule has 0 bridgehead atoms. The van der Waals surface area contributed by atoms with Crippen molar-refractivity contribution in [3.63, 3.8) is 0 Å². The Kier molecular flexibility index (Phi) is 6.69. The fraction of sp³-hybridized carbons (Fsp3) is 0.600. The molecule has 1 aromatic carbocycles. The van der Waals surface area contributed by atoms with Crippen LogP contribution in [0, 0.1) is 5.92 Å². The van der Waals surface area contributed by atoms with Crippen LogP contribution in [0.5, 0.6) is 0 Å². The van der Waals surface area contributed by atoms with Crippen LogP contribution in [0.1, 0.15) is 31.4 Å². The standard InChI is InChI=1S/C15H24N2.ClH/c1-3-15(14-7-5-4-6-8-14)17-10-9-13(12-17)11-16-2;/h4-8,13,15-16H,3,9-12H2,1-2H3;1H. The first-order valence-electron chi connectivity index (χ1n) is 6.78. The molecule has 2 rings (SSSR count). The minimum atomic E-state index is 0. The van der Waals surface area contributed by atoms with Crippen molar-refractivity contribution in [2.24, 2.45) is 5.92 Å². The van der Waals surface area contributed by atoms with E-state index in [4.69, 9.17) is 0 Å². The summed E-state index contributed by atoms with van der Waals surface area (Å²) in [5.41, 5.74) is 1.47. The second kappa shape index (κ2) is 7.78. The molecular weight excluding hydrogens is 244 g/mol. The van der Waals surface area contributed by atoms with Crippen LogP contribution in [0.3, 0.4) is 0 Å². The van der Waals surface area contributed by atoms with Gasteiger partial charge in [0.2, 0.25) is 0 Å². The summed E-state index contributed by atoms with van der Waals surface area (Å²) in [6.45, 7) is 5.94. The van der Waals surface area contributed by atoms with Crippen molar-refractivity contribution >= 4 is 12.4 Å². The lowest BCUT2D eigenvalue weighted by Gasteiger charge is -2.27. The lowest BCUT2D eigenvalue weighted by molar-refractivity contribution is 0.230. The average molecular weight is 269 g/mol. The number of nitrogens with one attached hydrogen (secondary N) is 1. The molecule has 2 atom stereocenters. The van der Waals surface area contributed by atoms with E-state index in [-0.39, 0.29) is 12.4 Å². The summed E-state index contributed by atoms with van der Waals surface area (Å²) >= 11 is 0. The highest BCUT2D eigenvalue weighted by atomic mass is 35.5. The number of hydrogen-bond acceptors (Lipinski definition) is 2. The van der Waals surface area contributed by atoms with E-state index in [2.05, 4.69) is 54.5 Å². The molecule has 1 heterocycles. The third-order valence-corrected chi connectivity index (χ3v) is 3.82. The van der Waals surface area contributed by atoms with Gasteiger partial charge in [-0.05, 0) is 44.5 Å². The summed E-state index contributed by atoms with van der Waals surface area (Å²) in [4.78, 5) is 2.65. The van der Waals surface area contributed by atoms with Gasteiger partial charge in [-0.15, -0.1) is 12.4 Å². The summed E-state index contributed by atoms with van der Waals surface area (Å²) in [5.74, 6) is 0.831. The average Bonchev–Trinajstić information content (AvgIpc) is 2.81. The summed E-state index contributed by atoms with van der Waals surface area (Å²) in [6.07, 6.45) is 2.54. The molecule has 1 aliphatic heterocycles. The number of likely N-dealkylation sites (tertiary alicyclic amines) is 1. The minimum Gasteiger partial charge on any atom is -0.319 e. The van der Waals surface area contributed by atoms with Gasteiger partial charge in [-0.3, -0.25) is 4.90 Å². The molecule has 102 valence electrons. The van der Waals surface area contributed by atoms with Crippen molar-refractivity contribution in [3.8, 4) is 0 Å². The predicted molar refractivity (Wildman–Crippen MR) is 80.3 cm³/mol. The minimum absolute atomic E-state index is 0. The van der Waals surface area contributed by atoms with Crippen molar-refractivity contribution in [1.29, 1.82) is 0 Å². The molecule has 2 nitrogen and oxygen atoms in total. The van der Waals surface area contributed by atoms with E-state index in [0.29, 0.717) is 6.04 Å². The molecular formula is C15H25ClN2. The van der Waals surface area contributed by atoms with Gasteiger partial charge in [0.1, 0.15) is 0 Å². The Morgan fingerprint density at radius 2 is 2.06 bits per heavy atom. The number of hydrogen-bond donors (Lipinski definition) is 1. The zero-order valence-electron chi connectivity index (χ0n) is 11.4. The van der Waals surface area contributed by atoms with Gasteiger partial charge in [0.25, 0.3) is 0 Å². The van der Waals surface area contributed by atoms with Crippen molar-refractivity contribution < 1.29 is 0 Å². The maximum atomic E-state index is 3.30. The smallest absolute Gasteiger partial charge is 0.0345 e. The molecule has 1 N–H and O–H groups in total. The van der Waals surface area contributed by atoms with Gasteiger partial charge >= 0.3 is 0 Å². The zero-order chi connectivity index (χ0) is 12.1. The summed E-state index contributed by atoms with van der Waals surface area (Å²) in [5, 5.41) is 3.30. The first kappa shape index (κ1) is 15.5. The summed E-state index contributed by atoms with van der Waals surface area (Å²) in [7, 11) is 2.05. The van der Waals surface area contributed by atoms with Crippen molar-refractivity contribution in [2.45, 2.75) is 25.8 Å². The Morgan fingerprint density at radius 3 is 2.67 bits per heavy atom. The third kappa shape index (κ3) is 3.71. The van der Waals surface area contributed by atoms with Gasteiger partial charge in [-0.25, -0.2) is 0 Å². The van der Waals surface area contributed by atoms with Crippen LogP contribution in [0.15, 0.2) is 30.3 Å². The highest BCUT2D eigenvalue weighted by molar-refractivity contribution is 5.85. The third-order valence-electron chi connectivity index (χ3n) is 3.82. The van der Waals surface area contributed by atoms with Gasteiger partial charge in [-0.1, -0.05) is 37.3 Å². The monoisotopic (exact) mass is 268 g/mol. The van der Waals surface area contributed by atoms with Crippen LogP contribution in [-0.4, -0.2) is 31.6 Å². The fourth-order valence-corrected chi connectivity index (χ4v) is 2.98. The second-order valence-corrected chi connectivity index (χ2v) is 5.04. The maximum Gasteiger partial charge on any atom is 0.0345 e. The second-order valence-electron chi connectivity index (χ2n) is 5.04. The van der Waals surface area contributed by atoms with E-state index in [1.54, 1.807) is 0 Å². The Morgan fingerprint density at radius 1 is 1.33 bits per heavy atom. The highest BCUT2D eigenvalue weighted by Gasteiger charge is 2.27. The van der Waals surface area contributed by atoms with Gasteiger partial charge in [0.15, 0.2) is 0 Å². The maximum absolute atomic E-state index is 3.30. The number of nitrogens with zero attached hydrogens (tertiary/aromatic N) is 1. The summed E-state index contributed by atoms with van der Waals surface area (Å²) < 4.78 is 0. The van der Waals surface area contributed by atoms with Crippen LogP contribution < -0.4 is 5.32 Å². The molecule has 0 radical (unpaired) electrons. The first-order valence-corrected chi connectivity index (χ1v) is 6.78. The van der Waals surface area contributed by atoms with Gasteiger partial charge in [-0.2, -0.15) is 0 Å². The van der Waals surface area contributed by atoms with Crippen molar-refractivity contribution in [2.75, 3.05) is 26.7 Å². The zero-order valence-corrected chi connectivity index (χ0v) is 12.2. The number of halogens is 1. The summed E-state index contributed by atoms with van der Waals surface area (Å²) in [6, 6.07) is 11.5. The molecule has 2 unspecified atom stereocenters. The van der Waals surface area contributed by atoms with Crippen molar-refractivity contribution in [3.05, 3.63) is 35.9 Å². The number of benzene rings is 1. The lowest BCUT2D eigenvalue weighted by atomic mass is 10.0. The molecule has 0 amide bonds. The number of rotatable bonds is 5. The Labute approximate surface area is 117 Å². The van der Waals surface area contributed by atoms with E-state index < -0.39 is 0 Å². The molecule has 3 heteroatoms. The van der Waals surface area contributed by atoms with Crippen LogP contribution >= 0.6 is 12.4 Å². The first-order chi connectivity index (χ1) is 8.35. The fourth-order valence-electron chi connectivity index (χ4n) is 2.98. The largest absolute Gasteiger partial charge is 0.319 e. The Hall–Kier alpha value is -0.570. The molecule has 0 spiro atoms. The molecule has 0 aliphatic carbocycles. The van der Waals surface area contributed by atoms with E-state index in [1.807, 2.05) is 0 Å². The molecule has 1 aliphatic rings.